The summed E-state index contributed by atoms with van der Waals surface area (Å²) in [6, 6.07) is 15.2. The lowest BCUT2D eigenvalue weighted by Crippen LogP contribution is -2.32. The van der Waals surface area contributed by atoms with E-state index in [1.54, 1.807) is 24.3 Å². The van der Waals surface area contributed by atoms with E-state index in [0.29, 0.717) is 10.7 Å². The van der Waals surface area contributed by atoms with Crippen LogP contribution >= 0.6 is 11.6 Å². The molecule has 0 fully saturated rings. The van der Waals surface area contributed by atoms with Crippen molar-refractivity contribution in [3.63, 3.8) is 0 Å². The summed E-state index contributed by atoms with van der Waals surface area (Å²) in [5.41, 5.74) is 7.03. The Bertz CT molecular complexity index is 913. The highest BCUT2D eigenvalue weighted by atomic mass is 35.5. The molecule has 0 spiro atoms. The molecule has 0 saturated carbocycles. The maximum Gasteiger partial charge on any atom is 0.252 e. The Labute approximate surface area is 160 Å². The fourth-order valence-electron chi connectivity index (χ4n) is 2.38. The van der Waals surface area contributed by atoms with Gasteiger partial charge in [0.05, 0.1) is 17.1 Å². The Hall–Kier alpha value is -3.39. The number of nitrogens with one attached hydrogen (secondary N) is 3. The fraction of sp³-hybridized carbons (Fsp3) is 0.111. The van der Waals surface area contributed by atoms with Crippen LogP contribution in [-0.4, -0.2) is 29.8 Å². The molecule has 1 aliphatic heterocycles. The van der Waals surface area contributed by atoms with E-state index in [1.807, 2.05) is 30.3 Å². The maximum atomic E-state index is 12.1. The highest BCUT2D eigenvalue weighted by Gasteiger charge is 2.28. The van der Waals surface area contributed by atoms with Gasteiger partial charge < -0.3 is 16.4 Å². The zero-order chi connectivity index (χ0) is 19.2. The number of guanidine groups is 2. The van der Waals surface area contributed by atoms with Crippen molar-refractivity contribution in [3.8, 4) is 0 Å². The Morgan fingerprint density at radius 2 is 1.85 bits per heavy atom. The van der Waals surface area contributed by atoms with Crippen LogP contribution in [0.5, 0.6) is 0 Å². The molecule has 0 unspecified atom stereocenters. The van der Waals surface area contributed by atoms with Gasteiger partial charge in [-0.1, -0.05) is 41.9 Å². The summed E-state index contributed by atoms with van der Waals surface area (Å²) in [6.45, 7) is 0. The van der Waals surface area contributed by atoms with Gasteiger partial charge >= 0.3 is 0 Å². The first-order valence-electron chi connectivity index (χ1n) is 8.10. The van der Waals surface area contributed by atoms with E-state index in [9.17, 15) is 9.59 Å². The number of hydrogen-bond acceptors (Lipinski definition) is 4. The summed E-state index contributed by atoms with van der Waals surface area (Å²) in [5.74, 6) is -0.680. The average Bonchev–Trinajstić information content (AvgIpc) is 2.96. The van der Waals surface area contributed by atoms with Gasteiger partial charge in [-0.05, 0) is 24.3 Å². The number of anilines is 2. The monoisotopic (exact) mass is 384 g/mol. The van der Waals surface area contributed by atoms with E-state index in [-0.39, 0.29) is 24.2 Å². The highest BCUT2D eigenvalue weighted by molar-refractivity contribution is 6.33. The van der Waals surface area contributed by atoms with Gasteiger partial charge in [0.1, 0.15) is 6.04 Å². The van der Waals surface area contributed by atoms with Gasteiger partial charge in [0.15, 0.2) is 0 Å². The van der Waals surface area contributed by atoms with Gasteiger partial charge in [-0.3, -0.25) is 14.9 Å². The van der Waals surface area contributed by atoms with E-state index in [0.717, 1.165) is 5.69 Å². The van der Waals surface area contributed by atoms with Crippen molar-refractivity contribution in [2.24, 2.45) is 15.7 Å². The molecule has 0 bridgehead atoms. The number of para-hydroxylation sites is 2. The number of halogens is 1. The van der Waals surface area contributed by atoms with E-state index in [4.69, 9.17) is 17.3 Å². The minimum atomic E-state index is -0.879. The van der Waals surface area contributed by atoms with Crippen molar-refractivity contribution in [2.45, 2.75) is 12.5 Å². The van der Waals surface area contributed by atoms with Crippen molar-refractivity contribution < 1.29 is 9.59 Å². The van der Waals surface area contributed by atoms with Crippen molar-refractivity contribution in [2.75, 3.05) is 10.6 Å². The van der Waals surface area contributed by atoms with Gasteiger partial charge in [-0.25, -0.2) is 4.99 Å². The summed E-state index contributed by atoms with van der Waals surface area (Å²) in [6.07, 6.45) is -0.137. The van der Waals surface area contributed by atoms with Crippen LogP contribution in [-0.2, 0) is 9.59 Å². The molecule has 1 aliphatic rings. The highest BCUT2D eigenvalue weighted by Crippen LogP contribution is 2.21. The first-order valence-corrected chi connectivity index (χ1v) is 8.48. The molecule has 1 heterocycles. The van der Waals surface area contributed by atoms with Crippen LogP contribution in [0.1, 0.15) is 6.42 Å². The number of benzene rings is 2. The molecular weight excluding hydrogens is 368 g/mol. The fourth-order valence-corrected chi connectivity index (χ4v) is 2.56. The Kier molecular flexibility index (Phi) is 5.68. The molecule has 2 aromatic rings. The van der Waals surface area contributed by atoms with Crippen molar-refractivity contribution >= 4 is 46.7 Å². The van der Waals surface area contributed by atoms with Gasteiger partial charge in [0, 0.05) is 5.69 Å². The minimum absolute atomic E-state index is 0.0523. The van der Waals surface area contributed by atoms with Gasteiger partial charge in [0.2, 0.25) is 17.8 Å². The van der Waals surface area contributed by atoms with Crippen molar-refractivity contribution in [1.82, 2.24) is 5.32 Å². The first kappa shape index (κ1) is 18.4. The van der Waals surface area contributed by atoms with Crippen LogP contribution < -0.4 is 21.7 Å². The standard InChI is InChI=1S/C18H17ClN6O2/c19-12-8-4-5-9-13(12)22-15(26)10-14-16(27)24-18(23-14)25-17(20)21-11-6-2-1-3-7-11/h1-9,14H,10H2,(H,22,26)(H4,20,21,23,24,25,27)/t14-/m1/s1. The minimum Gasteiger partial charge on any atom is -0.369 e. The lowest BCUT2D eigenvalue weighted by atomic mass is 10.2. The van der Waals surface area contributed by atoms with E-state index < -0.39 is 11.9 Å². The number of rotatable bonds is 4. The Morgan fingerprint density at radius 3 is 2.59 bits per heavy atom. The lowest BCUT2D eigenvalue weighted by Gasteiger charge is -2.08. The molecule has 2 amide bonds. The van der Waals surface area contributed by atoms with Crippen molar-refractivity contribution in [1.29, 1.82) is 0 Å². The van der Waals surface area contributed by atoms with Crippen LogP contribution in [0.2, 0.25) is 5.02 Å². The Balaban J connectivity index is 1.61. The third-order valence-electron chi connectivity index (χ3n) is 3.62. The molecule has 27 heavy (non-hydrogen) atoms. The number of carbonyl (C=O) groups excluding carboxylic acids is 2. The van der Waals surface area contributed by atoms with Gasteiger partial charge in [-0.2, -0.15) is 4.99 Å². The number of carbonyl (C=O) groups is 2. The topological polar surface area (TPSA) is 121 Å². The van der Waals surface area contributed by atoms with Gasteiger partial charge in [-0.15, -0.1) is 0 Å². The molecule has 1 atom stereocenters. The molecular formula is C18H17ClN6O2. The summed E-state index contributed by atoms with van der Waals surface area (Å²) in [4.78, 5) is 32.3. The second kappa shape index (κ2) is 8.33. The van der Waals surface area contributed by atoms with Crippen LogP contribution in [0.15, 0.2) is 64.6 Å². The molecule has 0 saturated heterocycles. The van der Waals surface area contributed by atoms with Crippen LogP contribution in [0, 0.1) is 0 Å². The number of hydrogen-bond donors (Lipinski definition) is 4. The molecule has 3 rings (SSSR count). The first-order chi connectivity index (χ1) is 13.0. The molecule has 138 valence electrons. The van der Waals surface area contributed by atoms with Crippen LogP contribution in [0.3, 0.4) is 0 Å². The van der Waals surface area contributed by atoms with E-state index >= 15 is 0 Å². The van der Waals surface area contributed by atoms with E-state index in [1.165, 1.54) is 0 Å². The zero-order valence-electron chi connectivity index (χ0n) is 14.1. The molecule has 9 heteroatoms. The van der Waals surface area contributed by atoms with Gasteiger partial charge in [0.25, 0.3) is 5.91 Å². The van der Waals surface area contributed by atoms with Crippen LogP contribution in [0.25, 0.3) is 0 Å². The third-order valence-corrected chi connectivity index (χ3v) is 3.94. The quantitative estimate of drug-likeness (QED) is 0.475. The SMILES string of the molecule is NC(=NC1=N[C@H](CC(=O)Nc2ccccc2Cl)C(=O)N1)Nc1ccccc1. The second-order valence-electron chi connectivity index (χ2n) is 5.68. The van der Waals surface area contributed by atoms with Crippen molar-refractivity contribution in [3.05, 3.63) is 59.6 Å². The number of aliphatic imine (C=N–C) groups is 2. The lowest BCUT2D eigenvalue weighted by molar-refractivity contribution is -0.123. The number of amides is 2. The second-order valence-corrected chi connectivity index (χ2v) is 6.09. The molecule has 0 aromatic heterocycles. The molecule has 5 N–H and O–H groups in total. The summed E-state index contributed by atoms with van der Waals surface area (Å²) in [5, 5.41) is 8.44. The van der Waals surface area contributed by atoms with Crippen LogP contribution in [0.4, 0.5) is 11.4 Å². The molecule has 0 aliphatic carbocycles. The number of nitrogens with zero attached hydrogens (tertiary/aromatic N) is 2. The summed E-state index contributed by atoms with van der Waals surface area (Å²) < 4.78 is 0. The predicted molar refractivity (Wildman–Crippen MR) is 106 cm³/mol. The van der Waals surface area contributed by atoms with E-state index in [2.05, 4.69) is 25.9 Å². The zero-order valence-corrected chi connectivity index (χ0v) is 14.9. The normalized spacial score (nSPS) is 16.5. The predicted octanol–water partition coefficient (Wildman–Crippen LogP) is 1.95. The summed E-state index contributed by atoms with van der Waals surface area (Å²) >= 11 is 6.00. The molecule has 0 radical (unpaired) electrons. The molecule has 8 nitrogen and oxygen atoms in total. The average molecular weight is 385 g/mol. The molecule has 2 aromatic carbocycles. The third kappa shape index (κ3) is 5.05. The summed E-state index contributed by atoms with van der Waals surface area (Å²) in [7, 11) is 0. The smallest absolute Gasteiger partial charge is 0.252 e. The Morgan fingerprint density at radius 1 is 1.15 bits per heavy atom. The maximum absolute atomic E-state index is 12.1. The largest absolute Gasteiger partial charge is 0.369 e. The number of nitrogens with two attached hydrogens (primary N) is 1.